The average Bonchev–Trinajstić information content (AvgIpc) is 1.48. The summed E-state index contributed by atoms with van der Waals surface area (Å²) < 4.78 is 261. The van der Waals surface area contributed by atoms with Crippen molar-refractivity contribution in [1.82, 2.24) is 0 Å². The molecule has 0 bridgehead atoms. The highest BCUT2D eigenvalue weighted by molar-refractivity contribution is 7.25. The Morgan fingerprint density at radius 2 is 1.25 bits per heavy atom. The van der Waals surface area contributed by atoms with Crippen molar-refractivity contribution in [3.05, 3.63) is 211 Å². The van der Waals surface area contributed by atoms with Crippen molar-refractivity contribution in [2.45, 2.75) is 19.1 Å². The van der Waals surface area contributed by atoms with Crippen LogP contribution in [-0.4, -0.2) is 0 Å². The molecule has 0 radical (unpaired) electrons. The van der Waals surface area contributed by atoms with Gasteiger partial charge in [-0.3, -0.25) is 0 Å². The van der Waals surface area contributed by atoms with Gasteiger partial charge in [0.2, 0.25) is 0 Å². The summed E-state index contributed by atoms with van der Waals surface area (Å²) in [6, 6.07) is -4.06. The Morgan fingerprint density at radius 3 is 2.16 bits per heavy atom. The fraction of sp³-hybridized carbons (Fsp3) is 0.0545. The van der Waals surface area contributed by atoms with Crippen LogP contribution in [0.25, 0.3) is 75.5 Å². The third-order valence-corrected chi connectivity index (χ3v) is 10.8. The number of anilines is 3. The molecular formula is C55H39NS. The van der Waals surface area contributed by atoms with E-state index < -0.39 is 185 Å². The first kappa shape index (κ1) is 15.3. The molecule has 0 amide bonds. The van der Waals surface area contributed by atoms with E-state index in [-0.39, 0.29) is 76.9 Å². The molecule has 57 heavy (non-hydrogen) atoms. The molecule has 0 N–H and O–H groups in total. The van der Waals surface area contributed by atoms with Crippen molar-refractivity contribution in [3.63, 3.8) is 0 Å². The molecule has 2 heteroatoms. The number of rotatable bonds is 6. The first-order chi connectivity index (χ1) is 40.0. The van der Waals surface area contributed by atoms with Gasteiger partial charge in [0.05, 0.1) is 31.5 Å². The van der Waals surface area contributed by atoms with Crippen LogP contribution in [0.1, 0.15) is 64.6 Å². The minimum absolute atomic E-state index is 0.0354. The van der Waals surface area contributed by atoms with Crippen LogP contribution in [-0.2, 0) is 5.41 Å². The molecular weight excluding hydrogens is 707 g/mol. The van der Waals surface area contributed by atoms with Crippen molar-refractivity contribution in [3.8, 4) is 44.5 Å². The molecule has 1 aliphatic carbocycles. The van der Waals surface area contributed by atoms with Crippen LogP contribution in [0.4, 0.5) is 17.1 Å². The minimum Gasteiger partial charge on any atom is -0.310 e. The largest absolute Gasteiger partial charge is 0.310 e. The maximum absolute atomic E-state index is 9.92. The van der Waals surface area contributed by atoms with Gasteiger partial charge in [0, 0.05) is 50.9 Å². The molecule has 1 nitrogen and oxygen atoms in total. The molecule has 0 aliphatic heterocycles. The monoisotopic (exact) mass is 774 g/mol. The zero-order chi connectivity index (χ0) is 63.1. The van der Waals surface area contributed by atoms with Crippen molar-refractivity contribution >= 4 is 59.3 Å². The van der Waals surface area contributed by atoms with Crippen molar-refractivity contribution in [2.24, 2.45) is 0 Å². The van der Waals surface area contributed by atoms with Crippen LogP contribution < -0.4 is 4.90 Å². The molecule has 9 aromatic carbocycles. The second-order valence-electron chi connectivity index (χ2n) is 13.0. The molecule has 0 unspecified atom stereocenters. The van der Waals surface area contributed by atoms with E-state index in [0.717, 1.165) is 58.7 Å². The number of fused-ring (bicyclic) bond motifs is 7. The lowest BCUT2D eigenvalue weighted by Gasteiger charge is -2.28. The van der Waals surface area contributed by atoms with Gasteiger partial charge in [-0.25, -0.2) is 0 Å². The van der Waals surface area contributed by atoms with Crippen LogP contribution >= 0.6 is 11.3 Å². The first-order valence-corrected chi connectivity index (χ1v) is 18.2. The molecule has 0 saturated carbocycles. The van der Waals surface area contributed by atoms with E-state index in [2.05, 4.69) is 0 Å². The molecule has 0 fully saturated rings. The fourth-order valence-corrected chi connectivity index (χ4v) is 8.20. The quantitative estimate of drug-likeness (QED) is 0.163. The molecule has 1 heterocycles. The van der Waals surface area contributed by atoms with Gasteiger partial charge in [-0.2, -0.15) is 0 Å². The van der Waals surface area contributed by atoms with E-state index in [1.807, 2.05) is 0 Å². The van der Waals surface area contributed by atoms with Gasteiger partial charge < -0.3 is 4.90 Å². The van der Waals surface area contributed by atoms with Gasteiger partial charge in [0.25, 0.3) is 0 Å². The Balaban J connectivity index is 1.25. The summed E-state index contributed by atoms with van der Waals surface area (Å²) in [6.45, 7) is -7.22. The summed E-state index contributed by atoms with van der Waals surface area (Å²) in [5.74, 6) is 0. The highest BCUT2D eigenvalue weighted by atomic mass is 32.1. The zero-order valence-corrected chi connectivity index (χ0v) is 29.9. The standard InChI is InChI=1S/C55H39NS/c1-55(2)50-18-10-8-16-46(50)47-33-30-43(35-51(47)55)56(41-26-20-37(21-27-41)36-12-4-3-5-13-36)42-28-22-39(23-29-42)45-31-24-38-14-6-7-15-44(38)54(45)40-25-32-49-48-17-9-11-19-52(48)57-53(49)34-40/h3-35H,1-2H3/i1D3,2D3,4D,5D,6D,7D,8D,9D,11D,12D,13D,14D,15D,17D,18D,19D,20D,22D,24D,26D,27D,28D,30D,32D,33D. The Hall–Kier alpha value is -6.74. The van der Waals surface area contributed by atoms with Gasteiger partial charge in [0.15, 0.2) is 0 Å². The topological polar surface area (TPSA) is 3.24 Å². The minimum atomic E-state index is -3.61. The Kier molecular flexibility index (Phi) is 3.54. The molecule has 0 atom stereocenters. The smallest absolute Gasteiger partial charge is 0.0645 e. The van der Waals surface area contributed by atoms with Crippen molar-refractivity contribution < 1.29 is 39.8 Å². The molecule has 0 spiro atoms. The third-order valence-electron chi connectivity index (χ3n) is 9.79. The average molecular weight is 775 g/mol. The van der Waals surface area contributed by atoms with Gasteiger partial charge in [-0.1, -0.05) is 165 Å². The van der Waals surface area contributed by atoms with E-state index >= 15 is 0 Å². The van der Waals surface area contributed by atoms with E-state index in [0.29, 0.717) is 0 Å². The van der Waals surface area contributed by atoms with Crippen molar-refractivity contribution in [1.29, 1.82) is 0 Å². The van der Waals surface area contributed by atoms with Crippen LogP contribution in [0.5, 0.6) is 0 Å². The lowest BCUT2D eigenvalue weighted by Crippen LogP contribution is -2.16. The van der Waals surface area contributed by atoms with E-state index in [9.17, 15) is 13.7 Å². The summed E-state index contributed by atoms with van der Waals surface area (Å²) in [5.41, 5.74) is -8.75. The molecule has 11 rings (SSSR count). The maximum Gasteiger partial charge on any atom is 0.0645 e. The summed E-state index contributed by atoms with van der Waals surface area (Å²) in [7, 11) is 0. The zero-order valence-electron chi connectivity index (χ0n) is 58.1. The highest BCUT2D eigenvalue weighted by Crippen LogP contribution is 2.51. The predicted molar refractivity (Wildman–Crippen MR) is 245 cm³/mol. The highest BCUT2D eigenvalue weighted by Gasteiger charge is 2.35. The number of benzene rings is 9. The molecule has 10 aromatic rings. The van der Waals surface area contributed by atoms with E-state index in [4.69, 9.17) is 26.0 Å². The van der Waals surface area contributed by atoms with Crippen LogP contribution in [0.15, 0.2) is 200 Å². The Labute approximate surface area is 378 Å². The summed E-state index contributed by atoms with van der Waals surface area (Å²) >= 11 is 0.913. The van der Waals surface area contributed by atoms with Crippen LogP contribution in [0.2, 0.25) is 0 Å². The summed E-state index contributed by atoms with van der Waals surface area (Å²) in [6.07, 6.45) is 0. The Bertz CT molecular complexity index is 4690. The number of hydrogen-bond acceptors (Lipinski definition) is 2. The number of thiophene rings is 1. The van der Waals surface area contributed by atoms with Gasteiger partial charge >= 0.3 is 0 Å². The SMILES string of the molecule is [2H]c1cc([2H])c2c(c1)-c1c(cc(N(c3ccc(-c4cc([2H])c5c([2H])c([2H])c([2H])c([2H])c5c4-c4cc([2H])c5c(c4)sc4c([2H])c([2H])c([2H])c([2H])c45)c([2H])c3[2H])c3c([2H])cc(-c4c([2H])c([2H])cc([2H])c4[2H])c([2H])c3[2H])c([2H])c1[2H])C2(C([2H])([2H])[2H])C([2H])([2H])[2H]. The number of nitrogens with zero attached hydrogens (tertiary/aromatic N) is 1. The second-order valence-corrected chi connectivity index (χ2v) is 14.1. The molecule has 1 aromatic heterocycles. The lowest BCUT2D eigenvalue weighted by atomic mass is 9.82. The molecule has 1 aliphatic rings. The van der Waals surface area contributed by atoms with Gasteiger partial charge in [0.1, 0.15) is 0 Å². The first-order valence-electron chi connectivity index (χ1n) is 31.9. The molecule has 270 valence electrons. The van der Waals surface area contributed by atoms with Crippen molar-refractivity contribution in [2.75, 3.05) is 4.90 Å². The van der Waals surface area contributed by atoms with Gasteiger partial charge in [-0.05, 0) is 115 Å². The predicted octanol–water partition coefficient (Wildman–Crippen LogP) is 16.0. The summed E-state index contributed by atoms with van der Waals surface area (Å²) in [4.78, 5) is 0.780. The van der Waals surface area contributed by atoms with Gasteiger partial charge in [-0.15, -0.1) is 11.3 Å². The normalized spacial score (nSPS) is 20.5. The lowest BCUT2D eigenvalue weighted by molar-refractivity contribution is 0.660. The maximum atomic E-state index is 9.92. The van der Waals surface area contributed by atoms with E-state index in [1.54, 1.807) is 0 Å². The van der Waals surface area contributed by atoms with E-state index in [1.165, 1.54) is 18.2 Å². The molecule has 0 saturated heterocycles. The summed E-state index contributed by atoms with van der Waals surface area (Å²) in [5, 5.41) is -0.401. The second kappa shape index (κ2) is 13.2. The third kappa shape index (κ3) is 5.51. The van der Waals surface area contributed by atoms with Crippen LogP contribution in [0, 0.1) is 0 Å². The van der Waals surface area contributed by atoms with Crippen LogP contribution in [0.3, 0.4) is 0 Å². The fourth-order valence-electron chi connectivity index (χ4n) is 7.18. The Morgan fingerprint density at radius 1 is 0.456 bits per heavy atom. The number of hydrogen-bond donors (Lipinski definition) is 0.